The largest absolute Gasteiger partial charge is 0.389 e. The van der Waals surface area contributed by atoms with E-state index in [2.05, 4.69) is 0 Å². The molecule has 0 aromatic heterocycles. The molecule has 0 heterocycles. The van der Waals surface area contributed by atoms with Crippen LogP contribution in [0.15, 0.2) is 0 Å². The van der Waals surface area contributed by atoms with E-state index in [1.54, 1.807) is 0 Å². The van der Waals surface area contributed by atoms with Crippen molar-refractivity contribution < 1.29 is 20.4 Å². The Morgan fingerprint density at radius 3 is 1.50 bits per heavy atom. The second-order valence-electron chi connectivity index (χ2n) is 3.55. The Labute approximate surface area is 84.6 Å². The first kappa shape index (κ1) is 13.8. The summed E-state index contributed by atoms with van der Waals surface area (Å²) in [5.74, 6) is 0. The minimum absolute atomic E-state index is 0.415. The number of hydrogen-bond donors (Lipinski definition) is 4. The van der Waals surface area contributed by atoms with Gasteiger partial charge in [-0.05, 0) is 20.3 Å². The average Bonchev–Trinajstić information content (AvgIpc) is 2.11. The summed E-state index contributed by atoms with van der Waals surface area (Å²) in [6, 6.07) is 0. The Bertz CT molecular complexity index is 138. The van der Waals surface area contributed by atoms with E-state index in [9.17, 15) is 10.2 Å². The molecule has 0 spiro atoms. The van der Waals surface area contributed by atoms with Crippen LogP contribution in [-0.4, -0.2) is 56.5 Å². The Hall–Kier alpha value is -0.200. The highest BCUT2D eigenvalue weighted by Gasteiger charge is 2.28. The molecule has 0 aromatic carbocycles. The normalized spacial score (nSPS) is 20.6. The van der Waals surface area contributed by atoms with Gasteiger partial charge in [-0.15, -0.1) is 0 Å². The van der Waals surface area contributed by atoms with Gasteiger partial charge in [-0.2, -0.15) is 0 Å². The number of hydrogen-bond acceptors (Lipinski definition) is 5. The fraction of sp³-hybridized carbons (Fsp3) is 1.00. The van der Waals surface area contributed by atoms with Crippen LogP contribution in [0.1, 0.15) is 27.2 Å². The molecule has 0 aromatic rings. The molecule has 0 bridgehead atoms. The molecule has 4 N–H and O–H groups in total. The van der Waals surface area contributed by atoms with Gasteiger partial charge in [-0.25, -0.2) is 4.90 Å². The highest BCUT2D eigenvalue weighted by molar-refractivity contribution is 4.72. The molecule has 0 saturated heterocycles. The van der Waals surface area contributed by atoms with E-state index in [0.29, 0.717) is 13.0 Å². The average molecular weight is 207 g/mol. The molecule has 0 aliphatic heterocycles. The molecule has 0 fully saturated rings. The van der Waals surface area contributed by atoms with Gasteiger partial charge in [0.05, 0.1) is 12.2 Å². The van der Waals surface area contributed by atoms with Crippen molar-refractivity contribution in [1.82, 2.24) is 4.90 Å². The van der Waals surface area contributed by atoms with Crippen LogP contribution in [0.25, 0.3) is 0 Å². The van der Waals surface area contributed by atoms with Crippen LogP contribution in [0.5, 0.6) is 0 Å². The lowest BCUT2D eigenvalue weighted by Crippen LogP contribution is -2.52. The molecule has 86 valence electrons. The summed E-state index contributed by atoms with van der Waals surface area (Å²) in [4.78, 5) is 1.27. The van der Waals surface area contributed by atoms with Gasteiger partial charge in [0.15, 0.2) is 0 Å². The number of rotatable bonds is 6. The quantitative estimate of drug-likeness (QED) is 0.424. The maximum Gasteiger partial charge on any atom is 0.135 e. The molecule has 0 aliphatic rings. The zero-order valence-corrected chi connectivity index (χ0v) is 8.96. The van der Waals surface area contributed by atoms with Gasteiger partial charge in [0.1, 0.15) is 12.5 Å². The summed E-state index contributed by atoms with van der Waals surface area (Å²) in [6.07, 6.45) is -3.52. The molecule has 5 nitrogen and oxygen atoms in total. The Kier molecular flexibility index (Phi) is 6.22. The molecule has 4 atom stereocenters. The molecule has 0 aliphatic carbocycles. The number of aliphatic hydroxyl groups is 4. The van der Waals surface area contributed by atoms with Crippen molar-refractivity contribution in [3.63, 3.8) is 0 Å². The van der Waals surface area contributed by atoms with Crippen LogP contribution < -0.4 is 0 Å². The van der Waals surface area contributed by atoms with Crippen molar-refractivity contribution in [1.29, 1.82) is 0 Å². The highest BCUT2D eigenvalue weighted by atomic mass is 16.4. The minimum Gasteiger partial charge on any atom is -0.389 e. The third-order valence-corrected chi connectivity index (χ3v) is 2.02. The van der Waals surface area contributed by atoms with Crippen LogP contribution >= 0.6 is 0 Å². The van der Waals surface area contributed by atoms with Crippen LogP contribution in [0.2, 0.25) is 0 Å². The standard InChI is InChI=1S/C9H21NO4/c1-4-5-10(8(13)6(2)11)9(14)7(3)12/h6-9,11-14H,4-5H2,1-3H3. The van der Waals surface area contributed by atoms with Gasteiger partial charge >= 0.3 is 0 Å². The van der Waals surface area contributed by atoms with Gasteiger partial charge in [0.25, 0.3) is 0 Å². The Morgan fingerprint density at radius 2 is 1.29 bits per heavy atom. The Balaban J connectivity index is 4.41. The van der Waals surface area contributed by atoms with Gasteiger partial charge in [-0.3, -0.25) is 0 Å². The van der Waals surface area contributed by atoms with Gasteiger partial charge in [0.2, 0.25) is 0 Å². The van der Waals surface area contributed by atoms with Crippen molar-refractivity contribution in [2.45, 2.75) is 51.9 Å². The molecular weight excluding hydrogens is 186 g/mol. The van der Waals surface area contributed by atoms with Crippen LogP contribution in [0.4, 0.5) is 0 Å². The summed E-state index contributed by atoms with van der Waals surface area (Å²) in [6.45, 7) is 5.17. The minimum atomic E-state index is -1.15. The van der Waals surface area contributed by atoms with E-state index in [1.807, 2.05) is 6.92 Å². The first-order valence-corrected chi connectivity index (χ1v) is 4.89. The fourth-order valence-electron chi connectivity index (χ4n) is 1.23. The van der Waals surface area contributed by atoms with Gasteiger partial charge in [0, 0.05) is 6.54 Å². The van der Waals surface area contributed by atoms with E-state index >= 15 is 0 Å². The summed E-state index contributed by atoms with van der Waals surface area (Å²) >= 11 is 0. The molecular formula is C9H21NO4. The first-order chi connectivity index (χ1) is 6.41. The third-order valence-electron chi connectivity index (χ3n) is 2.02. The van der Waals surface area contributed by atoms with E-state index in [0.717, 1.165) is 0 Å². The van der Waals surface area contributed by atoms with Gasteiger partial charge < -0.3 is 20.4 Å². The summed E-state index contributed by atoms with van der Waals surface area (Å²) in [5, 5.41) is 37.4. The SMILES string of the molecule is CCCN(C(O)C(C)O)C(O)C(C)O. The summed E-state index contributed by atoms with van der Waals surface area (Å²) in [7, 11) is 0. The van der Waals surface area contributed by atoms with Crippen molar-refractivity contribution >= 4 is 0 Å². The smallest absolute Gasteiger partial charge is 0.135 e. The molecule has 0 saturated carbocycles. The van der Waals surface area contributed by atoms with Crippen LogP contribution in [0, 0.1) is 0 Å². The third kappa shape index (κ3) is 3.89. The second kappa shape index (κ2) is 6.31. The molecule has 4 unspecified atom stereocenters. The molecule has 14 heavy (non-hydrogen) atoms. The monoisotopic (exact) mass is 207 g/mol. The van der Waals surface area contributed by atoms with Crippen LogP contribution in [-0.2, 0) is 0 Å². The lowest BCUT2D eigenvalue weighted by molar-refractivity contribution is -0.171. The van der Waals surface area contributed by atoms with Crippen LogP contribution in [0.3, 0.4) is 0 Å². The molecule has 0 amide bonds. The first-order valence-electron chi connectivity index (χ1n) is 4.89. The van der Waals surface area contributed by atoms with Crippen molar-refractivity contribution in [2.24, 2.45) is 0 Å². The lowest BCUT2D eigenvalue weighted by atomic mass is 10.2. The number of aliphatic hydroxyl groups excluding tert-OH is 4. The maximum absolute atomic E-state index is 9.54. The van der Waals surface area contributed by atoms with E-state index in [4.69, 9.17) is 10.2 Å². The van der Waals surface area contributed by atoms with Crippen molar-refractivity contribution in [3.05, 3.63) is 0 Å². The predicted molar refractivity (Wildman–Crippen MR) is 52.4 cm³/mol. The molecule has 0 rings (SSSR count). The van der Waals surface area contributed by atoms with E-state index in [1.165, 1.54) is 18.7 Å². The maximum atomic E-state index is 9.54. The molecule has 0 radical (unpaired) electrons. The summed E-state index contributed by atoms with van der Waals surface area (Å²) in [5.41, 5.74) is 0. The van der Waals surface area contributed by atoms with Crippen molar-refractivity contribution in [3.8, 4) is 0 Å². The topological polar surface area (TPSA) is 84.2 Å². The second-order valence-corrected chi connectivity index (χ2v) is 3.55. The lowest BCUT2D eigenvalue weighted by Gasteiger charge is -2.34. The predicted octanol–water partition coefficient (Wildman–Crippen LogP) is -0.903. The fourth-order valence-corrected chi connectivity index (χ4v) is 1.23. The Morgan fingerprint density at radius 1 is 0.929 bits per heavy atom. The number of nitrogens with zero attached hydrogens (tertiary/aromatic N) is 1. The highest BCUT2D eigenvalue weighted by Crippen LogP contribution is 2.09. The summed E-state index contributed by atoms with van der Waals surface area (Å²) < 4.78 is 0. The zero-order chi connectivity index (χ0) is 11.3. The molecule has 5 heteroatoms. The van der Waals surface area contributed by atoms with Gasteiger partial charge in [-0.1, -0.05) is 6.92 Å². The van der Waals surface area contributed by atoms with Crippen molar-refractivity contribution in [2.75, 3.05) is 6.54 Å². The van der Waals surface area contributed by atoms with E-state index in [-0.39, 0.29) is 0 Å². The van der Waals surface area contributed by atoms with E-state index < -0.39 is 24.7 Å². The zero-order valence-electron chi connectivity index (χ0n) is 8.96.